The predicted octanol–water partition coefficient (Wildman–Crippen LogP) is 2.98. The van der Waals surface area contributed by atoms with Crippen LogP contribution in [-0.2, 0) is 6.54 Å². The normalized spacial score (nSPS) is 14.6. The van der Waals surface area contributed by atoms with Crippen LogP contribution in [0.25, 0.3) is 0 Å². The third-order valence-electron chi connectivity index (χ3n) is 3.36. The summed E-state index contributed by atoms with van der Waals surface area (Å²) in [5.74, 6) is 0.859. The van der Waals surface area contributed by atoms with E-state index in [1.54, 1.807) is 7.11 Å². The molecule has 108 valence electrons. The van der Waals surface area contributed by atoms with E-state index in [4.69, 9.17) is 17.0 Å². The first-order valence-corrected chi connectivity index (χ1v) is 7.41. The van der Waals surface area contributed by atoms with E-state index >= 15 is 0 Å². The number of hydrogen-bond acceptors (Lipinski definition) is 3. The van der Waals surface area contributed by atoms with Crippen molar-refractivity contribution in [2.45, 2.75) is 38.6 Å². The molecule has 0 unspecified atom stereocenters. The first-order valence-electron chi connectivity index (χ1n) is 7.00. The Labute approximate surface area is 125 Å². The zero-order valence-electron chi connectivity index (χ0n) is 11.8. The largest absolute Gasteiger partial charge is 0.497 e. The minimum absolute atomic E-state index is 0.568. The Balaban J connectivity index is 1.73. The van der Waals surface area contributed by atoms with Crippen LogP contribution in [0.1, 0.15) is 37.7 Å². The SMILES string of the molecule is COc1ccc(CNC(=S)NN=C2CCCCC2)cc1. The lowest BCUT2D eigenvalue weighted by molar-refractivity contribution is 0.414. The highest BCUT2D eigenvalue weighted by atomic mass is 32.1. The molecule has 0 saturated heterocycles. The Morgan fingerprint density at radius 1 is 1.20 bits per heavy atom. The van der Waals surface area contributed by atoms with E-state index in [2.05, 4.69) is 15.8 Å². The van der Waals surface area contributed by atoms with Gasteiger partial charge in [0.1, 0.15) is 5.75 Å². The van der Waals surface area contributed by atoms with Crippen molar-refractivity contribution < 1.29 is 4.74 Å². The van der Waals surface area contributed by atoms with Crippen LogP contribution < -0.4 is 15.5 Å². The summed E-state index contributed by atoms with van der Waals surface area (Å²) < 4.78 is 5.12. The standard InChI is InChI=1S/C15H21N3OS/c1-19-14-9-7-12(8-10-14)11-16-15(20)18-17-13-5-3-2-4-6-13/h7-10H,2-6,11H2,1H3,(H2,16,18,20). The van der Waals surface area contributed by atoms with Gasteiger partial charge >= 0.3 is 0 Å². The van der Waals surface area contributed by atoms with Crippen LogP contribution in [0, 0.1) is 0 Å². The van der Waals surface area contributed by atoms with E-state index in [-0.39, 0.29) is 0 Å². The van der Waals surface area contributed by atoms with Crippen LogP contribution in [0.4, 0.5) is 0 Å². The van der Waals surface area contributed by atoms with Gasteiger partial charge in [-0.1, -0.05) is 18.6 Å². The summed E-state index contributed by atoms with van der Waals surface area (Å²) in [6.45, 7) is 0.681. The van der Waals surface area contributed by atoms with Crippen molar-refractivity contribution >= 4 is 23.0 Å². The molecule has 5 heteroatoms. The maximum atomic E-state index is 5.22. The summed E-state index contributed by atoms with van der Waals surface area (Å²) in [6, 6.07) is 7.91. The molecule has 4 nitrogen and oxygen atoms in total. The molecule has 0 aromatic heterocycles. The smallest absolute Gasteiger partial charge is 0.187 e. The van der Waals surface area contributed by atoms with Crippen molar-refractivity contribution in [1.82, 2.24) is 10.7 Å². The topological polar surface area (TPSA) is 45.6 Å². The van der Waals surface area contributed by atoms with Gasteiger partial charge < -0.3 is 10.1 Å². The fourth-order valence-electron chi connectivity index (χ4n) is 2.17. The molecule has 0 bridgehead atoms. The van der Waals surface area contributed by atoms with Crippen LogP contribution in [0.2, 0.25) is 0 Å². The third kappa shape index (κ3) is 4.81. The first kappa shape index (κ1) is 14.8. The minimum atomic E-state index is 0.568. The fourth-order valence-corrected chi connectivity index (χ4v) is 2.28. The maximum absolute atomic E-state index is 5.22. The highest BCUT2D eigenvalue weighted by Gasteiger charge is 2.06. The Morgan fingerprint density at radius 2 is 1.90 bits per heavy atom. The monoisotopic (exact) mass is 291 g/mol. The summed E-state index contributed by atoms with van der Waals surface area (Å²) >= 11 is 5.22. The molecular formula is C15H21N3OS. The maximum Gasteiger partial charge on any atom is 0.187 e. The molecule has 0 atom stereocenters. The van der Waals surface area contributed by atoms with E-state index in [9.17, 15) is 0 Å². The van der Waals surface area contributed by atoms with Gasteiger partial charge in [0, 0.05) is 12.3 Å². The third-order valence-corrected chi connectivity index (χ3v) is 3.59. The molecular weight excluding hydrogens is 270 g/mol. The predicted molar refractivity (Wildman–Crippen MR) is 86.1 cm³/mol. The van der Waals surface area contributed by atoms with Crippen molar-refractivity contribution in [2.75, 3.05) is 7.11 Å². The number of hydrazone groups is 1. The number of rotatable bonds is 4. The van der Waals surface area contributed by atoms with Gasteiger partial charge in [-0.25, -0.2) is 0 Å². The van der Waals surface area contributed by atoms with Gasteiger partial charge in [0.25, 0.3) is 0 Å². The number of benzene rings is 1. The zero-order chi connectivity index (χ0) is 14.2. The Kier molecular flexibility index (Phi) is 5.80. The molecule has 1 aromatic carbocycles. The van der Waals surface area contributed by atoms with Gasteiger partial charge in [-0.3, -0.25) is 5.43 Å². The molecule has 0 radical (unpaired) electrons. The molecule has 1 aliphatic carbocycles. The average Bonchev–Trinajstić information content (AvgIpc) is 2.52. The molecule has 0 amide bonds. The van der Waals surface area contributed by atoms with Gasteiger partial charge in [-0.2, -0.15) is 5.10 Å². The highest BCUT2D eigenvalue weighted by Crippen LogP contribution is 2.14. The van der Waals surface area contributed by atoms with Gasteiger partial charge in [0.15, 0.2) is 5.11 Å². The molecule has 1 aromatic rings. The van der Waals surface area contributed by atoms with Gasteiger partial charge in [-0.05, 0) is 55.6 Å². The number of nitrogens with zero attached hydrogens (tertiary/aromatic N) is 1. The Bertz CT molecular complexity index is 463. The summed E-state index contributed by atoms with van der Waals surface area (Å²) in [4.78, 5) is 0. The number of nitrogens with one attached hydrogen (secondary N) is 2. The lowest BCUT2D eigenvalue weighted by atomic mass is 9.99. The molecule has 2 rings (SSSR count). The van der Waals surface area contributed by atoms with Crippen LogP contribution in [0.5, 0.6) is 5.75 Å². The lowest BCUT2D eigenvalue weighted by Gasteiger charge is -2.13. The Hall–Kier alpha value is -1.62. The molecule has 0 spiro atoms. The van der Waals surface area contributed by atoms with Crippen LogP contribution in [0.15, 0.2) is 29.4 Å². The second-order valence-corrected chi connectivity index (χ2v) is 5.29. The molecule has 20 heavy (non-hydrogen) atoms. The van der Waals surface area contributed by atoms with E-state index in [0.29, 0.717) is 11.7 Å². The van der Waals surface area contributed by atoms with Crippen LogP contribution in [0.3, 0.4) is 0 Å². The van der Waals surface area contributed by atoms with Crippen molar-refractivity contribution in [2.24, 2.45) is 5.10 Å². The first-order chi connectivity index (χ1) is 9.78. The summed E-state index contributed by atoms with van der Waals surface area (Å²) in [6.07, 6.45) is 5.99. The highest BCUT2D eigenvalue weighted by molar-refractivity contribution is 7.80. The molecule has 1 saturated carbocycles. The van der Waals surface area contributed by atoms with E-state index < -0.39 is 0 Å². The fraction of sp³-hybridized carbons (Fsp3) is 0.467. The molecule has 0 heterocycles. The second-order valence-electron chi connectivity index (χ2n) is 4.88. The van der Waals surface area contributed by atoms with Gasteiger partial charge in [0.2, 0.25) is 0 Å². The van der Waals surface area contributed by atoms with E-state index in [1.807, 2.05) is 24.3 Å². The van der Waals surface area contributed by atoms with Crippen molar-refractivity contribution in [3.05, 3.63) is 29.8 Å². The Morgan fingerprint density at radius 3 is 2.55 bits per heavy atom. The molecule has 2 N–H and O–H groups in total. The number of thiocarbonyl (C=S) groups is 1. The second kappa shape index (κ2) is 7.85. The van der Waals surface area contributed by atoms with Gasteiger partial charge in [0.05, 0.1) is 7.11 Å². The summed E-state index contributed by atoms with van der Waals surface area (Å²) in [5.41, 5.74) is 5.31. The average molecular weight is 291 g/mol. The van der Waals surface area contributed by atoms with Crippen LogP contribution in [-0.4, -0.2) is 17.9 Å². The molecule has 1 fully saturated rings. The summed E-state index contributed by atoms with van der Waals surface area (Å²) in [7, 11) is 1.66. The molecule has 0 aliphatic heterocycles. The van der Waals surface area contributed by atoms with Crippen molar-refractivity contribution in [3.8, 4) is 5.75 Å². The van der Waals surface area contributed by atoms with E-state index in [1.165, 1.54) is 25.0 Å². The van der Waals surface area contributed by atoms with Crippen molar-refractivity contribution in [3.63, 3.8) is 0 Å². The number of hydrogen-bond donors (Lipinski definition) is 2. The lowest BCUT2D eigenvalue weighted by Crippen LogP contribution is -2.32. The quantitative estimate of drug-likeness (QED) is 0.661. The van der Waals surface area contributed by atoms with Gasteiger partial charge in [-0.15, -0.1) is 0 Å². The zero-order valence-corrected chi connectivity index (χ0v) is 12.6. The number of ether oxygens (including phenoxy) is 1. The van der Waals surface area contributed by atoms with E-state index in [0.717, 1.165) is 24.2 Å². The number of methoxy groups -OCH3 is 1. The van der Waals surface area contributed by atoms with Crippen LogP contribution >= 0.6 is 12.2 Å². The minimum Gasteiger partial charge on any atom is -0.497 e. The van der Waals surface area contributed by atoms with Crippen molar-refractivity contribution in [1.29, 1.82) is 0 Å². The summed E-state index contributed by atoms with van der Waals surface area (Å²) in [5, 5.41) is 8.08. The molecule has 1 aliphatic rings.